The van der Waals surface area contributed by atoms with E-state index in [0.717, 1.165) is 5.69 Å². The summed E-state index contributed by atoms with van der Waals surface area (Å²) < 4.78 is 7.57. The zero-order valence-corrected chi connectivity index (χ0v) is 28.4. The van der Waals surface area contributed by atoms with Crippen molar-refractivity contribution in [1.29, 1.82) is 0 Å². The van der Waals surface area contributed by atoms with Gasteiger partial charge in [0.1, 0.15) is 0 Å². The quantitative estimate of drug-likeness (QED) is 0.177. The minimum Gasteiger partial charge on any atom is -0.309 e. The number of para-hydroxylation sites is 2. The van der Waals surface area contributed by atoms with E-state index in [4.69, 9.17) is 0 Å². The third kappa shape index (κ3) is 4.29. The average Bonchev–Trinajstić information content (AvgIpc) is 3.85. The topological polar surface area (TPSA) is 9.86 Å². The summed E-state index contributed by atoms with van der Waals surface area (Å²) in [5, 5.41) is 7.66. The van der Waals surface area contributed by atoms with Crippen LogP contribution in [0.5, 0.6) is 0 Å². The molecule has 0 N–H and O–H groups in total. The second kappa shape index (κ2) is 11.0. The molecule has 0 atom stereocenters. The molecule has 0 aliphatic rings. The maximum absolute atomic E-state index is 2.50. The highest BCUT2D eigenvalue weighted by Gasteiger charge is 2.20. The Hall–Kier alpha value is -6.42. The standard InChI is InChI=1S/C48H30N2S/c1-2-11-31(12-3-1)32-21-23-33(24-22-32)34-25-27-35(28-26-34)49-41-16-7-4-13-36(41)39-30-45-40(29-44(39)49)37-14-5-8-17-42(37)50(45)43-18-10-20-47-48(43)38-15-6-9-19-46(38)51-47/h1-30H. The minimum atomic E-state index is 1.16. The van der Waals surface area contributed by atoms with Crippen molar-refractivity contribution in [2.24, 2.45) is 0 Å². The molecule has 0 aliphatic heterocycles. The van der Waals surface area contributed by atoms with Gasteiger partial charge in [0.05, 0.1) is 27.8 Å². The number of rotatable bonds is 4. The third-order valence-electron chi connectivity index (χ3n) is 10.5. The second-order valence-corrected chi connectivity index (χ2v) is 14.4. The number of hydrogen-bond acceptors (Lipinski definition) is 1. The molecule has 0 radical (unpaired) electrons. The zero-order valence-electron chi connectivity index (χ0n) is 27.6. The van der Waals surface area contributed by atoms with Gasteiger partial charge >= 0.3 is 0 Å². The van der Waals surface area contributed by atoms with Crippen molar-refractivity contribution >= 4 is 75.1 Å². The molecule has 3 aromatic heterocycles. The Morgan fingerprint density at radius 2 is 0.804 bits per heavy atom. The molecule has 0 amide bonds. The van der Waals surface area contributed by atoms with E-state index in [1.165, 1.54) is 91.7 Å². The Balaban J connectivity index is 1.11. The van der Waals surface area contributed by atoms with Crippen molar-refractivity contribution in [3.63, 3.8) is 0 Å². The highest BCUT2D eigenvalue weighted by molar-refractivity contribution is 7.25. The molecule has 0 fully saturated rings. The Morgan fingerprint density at radius 3 is 1.47 bits per heavy atom. The molecule has 0 unspecified atom stereocenters. The number of thiophene rings is 1. The van der Waals surface area contributed by atoms with Crippen LogP contribution in [0.25, 0.3) is 97.4 Å². The Kier molecular flexibility index (Phi) is 6.16. The molecule has 8 aromatic carbocycles. The fourth-order valence-electron chi connectivity index (χ4n) is 8.20. The van der Waals surface area contributed by atoms with E-state index in [0.29, 0.717) is 0 Å². The lowest BCUT2D eigenvalue weighted by Crippen LogP contribution is -1.95. The maximum Gasteiger partial charge on any atom is 0.0555 e. The first-order valence-electron chi connectivity index (χ1n) is 17.4. The van der Waals surface area contributed by atoms with Crippen molar-refractivity contribution in [2.75, 3.05) is 0 Å². The fraction of sp³-hybridized carbons (Fsp3) is 0. The zero-order chi connectivity index (χ0) is 33.5. The van der Waals surface area contributed by atoms with Gasteiger partial charge in [0, 0.05) is 47.4 Å². The largest absolute Gasteiger partial charge is 0.309 e. The molecule has 11 rings (SSSR count). The SMILES string of the molecule is c1ccc(-c2ccc(-c3ccc(-n4c5ccccc5c5cc6c(cc54)c4ccccc4n6-c4cccc5sc6ccccc6c45)cc3)cc2)cc1. The van der Waals surface area contributed by atoms with Gasteiger partial charge in [-0.25, -0.2) is 0 Å². The number of aromatic nitrogens is 2. The lowest BCUT2D eigenvalue weighted by atomic mass is 10.0. The minimum absolute atomic E-state index is 1.16. The third-order valence-corrected chi connectivity index (χ3v) is 11.7. The molecule has 0 saturated carbocycles. The van der Waals surface area contributed by atoms with Crippen molar-refractivity contribution < 1.29 is 0 Å². The number of benzene rings is 8. The van der Waals surface area contributed by atoms with Crippen LogP contribution in [-0.4, -0.2) is 9.13 Å². The molecule has 0 spiro atoms. The van der Waals surface area contributed by atoms with Crippen molar-refractivity contribution in [3.05, 3.63) is 182 Å². The van der Waals surface area contributed by atoms with Crippen LogP contribution < -0.4 is 0 Å². The first-order valence-corrected chi connectivity index (χ1v) is 18.3. The van der Waals surface area contributed by atoms with Gasteiger partial charge in [-0.05, 0) is 76.9 Å². The van der Waals surface area contributed by atoms with Crippen molar-refractivity contribution in [1.82, 2.24) is 9.13 Å². The first kappa shape index (κ1) is 28.4. The van der Waals surface area contributed by atoms with Crippen LogP contribution in [0.3, 0.4) is 0 Å². The summed E-state index contributed by atoms with van der Waals surface area (Å²) in [5.74, 6) is 0. The van der Waals surface area contributed by atoms with Gasteiger partial charge in [-0.15, -0.1) is 11.3 Å². The van der Waals surface area contributed by atoms with E-state index in [1.807, 2.05) is 11.3 Å². The van der Waals surface area contributed by atoms with Crippen LogP contribution in [0, 0.1) is 0 Å². The monoisotopic (exact) mass is 666 g/mol. The van der Waals surface area contributed by atoms with Crippen LogP contribution in [0.1, 0.15) is 0 Å². The highest BCUT2D eigenvalue weighted by Crippen LogP contribution is 2.43. The number of fused-ring (bicyclic) bond motifs is 9. The predicted octanol–water partition coefficient (Wildman–Crippen LogP) is 13.6. The smallest absolute Gasteiger partial charge is 0.0555 e. The van der Waals surface area contributed by atoms with Crippen LogP contribution in [0.4, 0.5) is 0 Å². The maximum atomic E-state index is 2.50. The summed E-state index contributed by atoms with van der Waals surface area (Å²) in [5.41, 5.74) is 12.1. The van der Waals surface area contributed by atoms with E-state index < -0.39 is 0 Å². The molecule has 0 bridgehead atoms. The van der Waals surface area contributed by atoms with E-state index >= 15 is 0 Å². The Labute approximate surface area is 298 Å². The summed E-state index contributed by atoms with van der Waals surface area (Å²) in [7, 11) is 0. The molecule has 0 aliphatic carbocycles. The summed E-state index contributed by atoms with van der Waals surface area (Å²) in [4.78, 5) is 0. The second-order valence-electron chi connectivity index (χ2n) is 13.3. The predicted molar refractivity (Wildman–Crippen MR) is 219 cm³/mol. The Bertz CT molecular complexity index is 3100. The van der Waals surface area contributed by atoms with Gasteiger partial charge < -0.3 is 9.13 Å². The van der Waals surface area contributed by atoms with E-state index in [2.05, 4.69) is 191 Å². The van der Waals surface area contributed by atoms with E-state index in [-0.39, 0.29) is 0 Å². The number of hydrogen-bond donors (Lipinski definition) is 0. The van der Waals surface area contributed by atoms with Crippen LogP contribution in [0.15, 0.2) is 182 Å². The molecule has 51 heavy (non-hydrogen) atoms. The molecule has 3 heterocycles. The Morgan fingerprint density at radius 1 is 0.314 bits per heavy atom. The highest BCUT2D eigenvalue weighted by atomic mass is 32.1. The molecule has 238 valence electrons. The summed E-state index contributed by atoms with van der Waals surface area (Å²) in [6, 6.07) is 66.6. The molecule has 11 aromatic rings. The van der Waals surface area contributed by atoms with Gasteiger partial charge in [0.15, 0.2) is 0 Å². The number of nitrogens with zero attached hydrogens (tertiary/aromatic N) is 2. The van der Waals surface area contributed by atoms with Crippen LogP contribution >= 0.6 is 11.3 Å². The first-order chi connectivity index (χ1) is 25.3. The van der Waals surface area contributed by atoms with Gasteiger partial charge in [-0.2, -0.15) is 0 Å². The van der Waals surface area contributed by atoms with Crippen molar-refractivity contribution in [2.45, 2.75) is 0 Å². The molecular weight excluding hydrogens is 637 g/mol. The fourth-order valence-corrected chi connectivity index (χ4v) is 9.33. The summed E-state index contributed by atoms with van der Waals surface area (Å²) in [6.45, 7) is 0. The van der Waals surface area contributed by atoms with Gasteiger partial charge in [0.25, 0.3) is 0 Å². The van der Waals surface area contributed by atoms with E-state index in [9.17, 15) is 0 Å². The van der Waals surface area contributed by atoms with Crippen LogP contribution in [-0.2, 0) is 0 Å². The molecule has 0 saturated heterocycles. The van der Waals surface area contributed by atoms with Crippen LogP contribution in [0.2, 0.25) is 0 Å². The molecule has 3 heteroatoms. The van der Waals surface area contributed by atoms with E-state index in [1.54, 1.807) is 0 Å². The summed E-state index contributed by atoms with van der Waals surface area (Å²) >= 11 is 1.87. The normalized spacial score (nSPS) is 11.9. The van der Waals surface area contributed by atoms with Gasteiger partial charge in [-0.3, -0.25) is 0 Å². The molecular formula is C48H30N2S. The van der Waals surface area contributed by atoms with Gasteiger partial charge in [0.2, 0.25) is 0 Å². The van der Waals surface area contributed by atoms with Gasteiger partial charge in [-0.1, -0.05) is 127 Å². The molecule has 2 nitrogen and oxygen atoms in total. The lowest BCUT2D eigenvalue weighted by Gasteiger charge is -2.11. The average molecular weight is 667 g/mol. The summed E-state index contributed by atoms with van der Waals surface area (Å²) in [6.07, 6.45) is 0. The lowest BCUT2D eigenvalue weighted by molar-refractivity contribution is 1.18. The van der Waals surface area contributed by atoms with Crippen molar-refractivity contribution in [3.8, 4) is 33.6 Å².